The second-order valence-corrected chi connectivity index (χ2v) is 5.92. The standard InChI is InChI=1S/C22H17N3O2/c1-15(26)24-17-10-12-18(13-11-17)25-22(27)21-9-5-4-8-20(21)19-7-3-2-6-16(19)14-23/h2-13H,1H3,(H,24,26)(H,25,27). The van der Waals surface area contributed by atoms with E-state index in [2.05, 4.69) is 16.7 Å². The number of anilines is 2. The molecule has 0 spiro atoms. The largest absolute Gasteiger partial charge is 0.326 e. The van der Waals surface area contributed by atoms with Gasteiger partial charge in [-0.25, -0.2) is 0 Å². The monoisotopic (exact) mass is 355 g/mol. The summed E-state index contributed by atoms with van der Waals surface area (Å²) in [6.45, 7) is 1.44. The van der Waals surface area contributed by atoms with E-state index in [1.54, 1.807) is 48.5 Å². The van der Waals surface area contributed by atoms with Gasteiger partial charge in [-0.1, -0.05) is 36.4 Å². The number of carbonyl (C=O) groups excluding carboxylic acids is 2. The summed E-state index contributed by atoms with van der Waals surface area (Å²) < 4.78 is 0. The first kappa shape index (κ1) is 17.9. The molecule has 2 amide bonds. The highest BCUT2D eigenvalue weighted by Crippen LogP contribution is 2.27. The molecule has 2 N–H and O–H groups in total. The summed E-state index contributed by atoms with van der Waals surface area (Å²) in [4.78, 5) is 23.9. The smallest absolute Gasteiger partial charge is 0.256 e. The van der Waals surface area contributed by atoms with E-state index in [1.807, 2.05) is 24.3 Å². The third-order valence-corrected chi connectivity index (χ3v) is 3.97. The van der Waals surface area contributed by atoms with E-state index >= 15 is 0 Å². The fourth-order valence-electron chi connectivity index (χ4n) is 2.77. The van der Waals surface area contributed by atoms with Crippen LogP contribution in [-0.4, -0.2) is 11.8 Å². The number of nitriles is 1. The average Bonchev–Trinajstić information content (AvgIpc) is 2.69. The molecule has 3 aromatic carbocycles. The Morgan fingerprint density at radius 3 is 1.96 bits per heavy atom. The topological polar surface area (TPSA) is 82.0 Å². The van der Waals surface area contributed by atoms with Gasteiger partial charge >= 0.3 is 0 Å². The Kier molecular flexibility index (Phi) is 5.29. The third kappa shape index (κ3) is 4.20. The Morgan fingerprint density at radius 1 is 0.778 bits per heavy atom. The molecular weight excluding hydrogens is 338 g/mol. The van der Waals surface area contributed by atoms with Crippen molar-refractivity contribution in [2.24, 2.45) is 0 Å². The summed E-state index contributed by atoms with van der Waals surface area (Å²) in [7, 11) is 0. The van der Waals surface area contributed by atoms with Crippen molar-refractivity contribution in [3.05, 3.63) is 83.9 Å². The number of nitrogens with zero attached hydrogens (tertiary/aromatic N) is 1. The lowest BCUT2D eigenvalue weighted by Crippen LogP contribution is -2.13. The predicted octanol–water partition coefficient (Wildman–Crippen LogP) is 4.44. The molecule has 0 bridgehead atoms. The van der Waals surface area contributed by atoms with Gasteiger partial charge in [0.05, 0.1) is 11.6 Å². The van der Waals surface area contributed by atoms with Gasteiger partial charge in [-0.05, 0) is 42.0 Å². The Morgan fingerprint density at radius 2 is 1.33 bits per heavy atom. The van der Waals surface area contributed by atoms with Gasteiger partial charge in [-0.3, -0.25) is 9.59 Å². The van der Waals surface area contributed by atoms with E-state index in [0.717, 1.165) is 0 Å². The summed E-state index contributed by atoms with van der Waals surface area (Å²) in [5, 5.41) is 14.9. The van der Waals surface area contributed by atoms with Crippen LogP contribution >= 0.6 is 0 Å². The summed E-state index contributed by atoms with van der Waals surface area (Å²) in [6, 6.07) is 23.4. The first-order valence-electron chi connectivity index (χ1n) is 8.36. The molecule has 0 aliphatic carbocycles. The SMILES string of the molecule is CC(=O)Nc1ccc(NC(=O)c2ccccc2-c2ccccc2C#N)cc1. The number of hydrogen-bond donors (Lipinski definition) is 2. The first-order chi connectivity index (χ1) is 13.1. The van der Waals surface area contributed by atoms with Crippen LogP contribution in [0, 0.1) is 11.3 Å². The van der Waals surface area contributed by atoms with E-state index in [1.165, 1.54) is 6.92 Å². The van der Waals surface area contributed by atoms with E-state index < -0.39 is 0 Å². The van der Waals surface area contributed by atoms with E-state index in [9.17, 15) is 14.9 Å². The van der Waals surface area contributed by atoms with Gasteiger partial charge < -0.3 is 10.6 Å². The van der Waals surface area contributed by atoms with Crippen molar-refractivity contribution in [2.45, 2.75) is 6.92 Å². The molecule has 0 aliphatic rings. The Balaban J connectivity index is 1.88. The van der Waals surface area contributed by atoms with Gasteiger partial charge in [0.25, 0.3) is 5.91 Å². The molecule has 132 valence electrons. The van der Waals surface area contributed by atoms with Crippen molar-refractivity contribution in [1.82, 2.24) is 0 Å². The van der Waals surface area contributed by atoms with E-state index in [-0.39, 0.29) is 11.8 Å². The second-order valence-electron chi connectivity index (χ2n) is 5.92. The van der Waals surface area contributed by atoms with Crippen LogP contribution in [0.3, 0.4) is 0 Å². The lowest BCUT2D eigenvalue weighted by molar-refractivity contribution is -0.114. The van der Waals surface area contributed by atoms with Crippen LogP contribution in [0.25, 0.3) is 11.1 Å². The molecule has 3 rings (SSSR count). The molecule has 27 heavy (non-hydrogen) atoms. The highest BCUT2D eigenvalue weighted by molar-refractivity contribution is 6.09. The van der Waals surface area contributed by atoms with Crippen molar-refractivity contribution in [1.29, 1.82) is 5.26 Å². The number of hydrogen-bond acceptors (Lipinski definition) is 3. The quantitative estimate of drug-likeness (QED) is 0.726. The number of rotatable bonds is 4. The zero-order chi connectivity index (χ0) is 19.2. The van der Waals surface area contributed by atoms with Crippen LogP contribution in [0.1, 0.15) is 22.8 Å². The van der Waals surface area contributed by atoms with Gasteiger partial charge in [-0.2, -0.15) is 5.26 Å². The molecule has 5 heteroatoms. The maximum Gasteiger partial charge on any atom is 0.256 e. The first-order valence-corrected chi connectivity index (χ1v) is 8.36. The molecule has 5 nitrogen and oxygen atoms in total. The van der Waals surface area contributed by atoms with Crippen LogP contribution in [0.2, 0.25) is 0 Å². The summed E-state index contributed by atoms with van der Waals surface area (Å²) in [5.41, 5.74) is 3.67. The molecule has 0 unspecified atom stereocenters. The van der Waals surface area contributed by atoms with Gasteiger partial charge in [-0.15, -0.1) is 0 Å². The van der Waals surface area contributed by atoms with Crippen LogP contribution in [-0.2, 0) is 4.79 Å². The van der Waals surface area contributed by atoms with Crippen molar-refractivity contribution in [2.75, 3.05) is 10.6 Å². The molecule has 0 aromatic heterocycles. The molecule has 0 heterocycles. The van der Waals surface area contributed by atoms with E-state index in [4.69, 9.17) is 0 Å². The maximum atomic E-state index is 12.8. The van der Waals surface area contributed by atoms with Crippen LogP contribution in [0.15, 0.2) is 72.8 Å². The van der Waals surface area contributed by atoms with Crippen LogP contribution in [0.4, 0.5) is 11.4 Å². The highest BCUT2D eigenvalue weighted by Gasteiger charge is 2.15. The molecule has 0 saturated heterocycles. The number of benzene rings is 3. The normalized spacial score (nSPS) is 9.93. The molecule has 0 aliphatic heterocycles. The van der Waals surface area contributed by atoms with Gasteiger partial charge in [0, 0.05) is 29.4 Å². The fourth-order valence-corrected chi connectivity index (χ4v) is 2.77. The van der Waals surface area contributed by atoms with Gasteiger partial charge in [0.15, 0.2) is 0 Å². The summed E-state index contributed by atoms with van der Waals surface area (Å²) in [6.07, 6.45) is 0. The zero-order valence-electron chi connectivity index (χ0n) is 14.7. The second kappa shape index (κ2) is 7.98. The van der Waals surface area contributed by atoms with Crippen molar-refractivity contribution in [3.8, 4) is 17.2 Å². The lowest BCUT2D eigenvalue weighted by Gasteiger charge is -2.12. The molecular formula is C22H17N3O2. The molecule has 3 aromatic rings. The average molecular weight is 355 g/mol. The van der Waals surface area contributed by atoms with Gasteiger partial charge in [0.1, 0.15) is 0 Å². The summed E-state index contributed by atoms with van der Waals surface area (Å²) >= 11 is 0. The van der Waals surface area contributed by atoms with Crippen LogP contribution in [0.5, 0.6) is 0 Å². The van der Waals surface area contributed by atoms with Crippen molar-refractivity contribution < 1.29 is 9.59 Å². The Hall–Kier alpha value is -3.91. The zero-order valence-corrected chi connectivity index (χ0v) is 14.7. The number of carbonyl (C=O) groups is 2. The van der Waals surface area contributed by atoms with Crippen molar-refractivity contribution in [3.63, 3.8) is 0 Å². The van der Waals surface area contributed by atoms with E-state index in [0.29, 0.717) is 33.6 Å². The molecule has 0 radical (unpaired) electrons. The lowest BCUT2D eigenvalue weighted by atomic mass is 9.95. The minimum absolute atomic E-state index is 0.156. The number of nitrogens with one attached hydrogen (secondary N) is 2. The van der Waals surface area contributed by atoms with Gasteiger partial charge in [0.2, 0.25) is 5.91 Å². The fraction of sp³-hybridized carbons (Fsp3) is 0.0455. The Bertz CT molecular complexity index is 1030. The minimum Gasteiger partial charge on any atom is -0.326 e. The molecule has 0 atom stereocenters. The predicted molar refractivity (Wildman–Crippen MR) is 105 cm³/mol. The van der Waals surface area contributed by atoms with Crippen LogP contribution < -0.4 is 10.6 Å². The van der Waals surface area contributed by atoms with Crippen molar-refractivity contribution >= 4 is 23.2 Å². The maximum absolute atomic E-state index is 12.8. The molecule has 0 saturated carbocycles. The molecule has 0 fully saturated rings. The summed E-state index contributed by atoms with van der Waals surface area (Å²) in [5.74, 6) is -0.428. The highest BCUT2D eigenvalue weighted by atomic mass is 16.2. The third-order valence-electron chi connectivity index (χ3n) is 3.97. The minimum atomic E-state index is -0.273. The number of amides is 2. The Labute approximate surface area is 157 Å².